The van der Waals surface area contributed by atoms with Crippen LogP contribution in [0.1, 0.15) is 13.8 Å². The van der Waals surface area contributed by atoms with Crippen molar-refractivity contribution in [3.05, 3.63) is 18.5 Å². The largest absolute Gasteiger partial charge is 0.258 e. The molecule has 0 radical (unpaired) electrons. The first-order valence-corrected chi connectivity index (χ1v) is 2.12. The van der Waals surface area contributed by atoms with Gasteiger partial charge in [0.2, 0.25) is 0 Å². The SMILES string of the molecule is C=C=CN=C(C)C. The number of rotatable bonds is 1. The summed E-state index contributed by atoms with van der Waals surface area (Å²) in [6, 6.07) is 0. The van der Waals surface area contributed by atoms with Crippen LogP contribution in [-0.4, -0.2) is 5.71 Å². The Morgan fingerprint density at radius 3 is 2.43 bits per heavy atom. The lowest BCUT2D eigenvalue weighted by Crippen LogP contribution is -1.73. The molecule has 0 rings (SSSR count). The Kier molecular flexibility index (Phi) is 2.99. The molecule has 0 aromatic rings. The zero-order valence-corrected chi connectivity index (χ0v) is 4.73. The molecule has 0 aliphatic heterocycles. The van der Waals surface area contributed by atoms with Crippen LogP contribution >= 0.6 is 0 Å². The fraction of sp³-hybridized carbons (Fsp3) is 0.333. The van der Waals surface area contributed by atoms with Gasteiger partial charge in [-0.2, -0.15) is 0 Å². The smallest absolute Gasteiger partial charge is 0.0679 e. The van der Waals surface area contributed by atoms with Gasteiger partial charge in [-0.05, 0) is 13.8 Å². The summed E-state index contributed by atoms with van der Waals surface area (Å²) in [5, 5.41) is 0. The van der Waals surface area contributed by atoms with Gasteiger partial charge in [-0.1, -0.05) is 6.58 Å². The third-order valence-electron chi connectivity index (χ3n) is 0.414. The summed E-state index contributed by atoms with van der Waals surface area (Å²) in [4.78, 5) is 3.86. The summed E-state index contributed by atoms with van der Waals surface area (Å²) < 4.78 is 0. The second-order valence-corrected chi connectivity index (χ2v) is 1.41. The Bertz CT molecular complexity index is 112. The number of aliphatic imine (C=N–C) groups is 1. The third kappa shape index (κ3) is 5.19. The van der Waals surface area contributed by atoms with Crippen LogP contribution in [0.15, 0.2) is 23.5 Å². The van der Waals surface area contributed by atoms with Gasteiger partial charge < -0.3 is 0 Å². The molecule has 0 aromatic carbocycles. The maximum atomic E-state index is 3.86. The molecule has 0 saturated carbocycles. The number of nitrogens with zero attached hydrogens (tertiary/aromatic N) is 1. The Labute approximate surface area is 44.1 Å². The van der Waals surface area contributed by atoms with E-state index in [-0.39, 0.29) is 0 Å². The zero-order valence-electron chi connectivity index (χ0n) is 4.73. The fourth-order valence-corrected chi connectivity index (χ4v) is 0.175. The fourth-order valence-electron chi connectivity index (χ4n) is 0.175. The summed E-state index contributed by atoms with van der Waals surface area (Å²) in [6.07, 6.45) is 1.55. The van der Waals surface area contributed by atoms with Crippen molar-refractivity contribution in [2.45, 2.75) is 13.8 Å². The predicted molar refractivity (Wildman–Crippen MR) is 32.5 cm³/mol. The average Bonchev–Trinajstić information content (AvgIpc) is 1.61. The Morgan fingerprint density at radius 2 is 2.29 bits per heavy atom. The molecule has 0 spiro atoms. The molecule has 0 N–H and O–H groups in total. The first kappa shape index (κ1) is 6.19. The lowest BCUT2D eigenvalue weighted by atomic mass is 10.5. The first-order chi connectivity index (χ1) is 3.27. The molecular weight excluding hydrogens is 86.1 g/mol. The minimum atomic E-state index is 1.02. The van der Waals surface area contributed by atoms with Crippen LogP contribution in [0, 0.1) is 0 Å². The van der Waals surface area contributed by atoms with E-state index in [4.69, 9.17) is 0 Å². The van der Waals surface area contributed by atoms with Gasteiger partial charge >= 0.3 is 0 Å². The van der Waals surface area contributed by atoms with Crippen LogP contribution < -0.4 is 0 Å². The van der Waals surface area contributed by atoms with Crippen LogP contribution in [0.2, 0.25) is 0 Å². The highest BCUT2D eigenvalue weighted by Gasteiger charge is 1.66. The van der Waals surface area contributed by atoms with E-state index in [1.165, 1.54) is 0 Å². The molecule has 0 aromatic heterocycles. The molecule has 1 heteroatoms. The Hall–Kier alpha value is -0.810. The second-order valence-electron chi connectivity index (χ2n) is 1.41. The molecule has 0 heterocycles. The first-order valence-electron chi connectivity index (χ1n) is 2.12. The van der Waals surface area contributed by atoms with Gasteiger partial charge in [-0.25, -0.2) is 0 Å². The average molecular weight is 95.1 g/mol. The molecule has 0 aliphatic carbocycles. The molecule has 0 amide bonds. The minimum absolute atomic E-state index is 1.02. The molecule has 38 valence electrons. The van der Waals surface area contributed by atoms with Gasteiger partial charge in [0.25, 0.3) is 0 Å². The molecule has 0 unspecified atom stereocenters. The van der Waals surface area contributed by atoms with E-state index >= 15 is 0 Å². The van der Waals surface area contributed by atoms with Crippen LogP contribution in [0.5, 0.6) is 0 Å². The Balaban J connectivity index is 3.69. The summed E-state index contributed by atoms with van der Waals surface area (Å²) in [6.45, 7) is 7.19. The van der Waals surface area contributed by atoms with Crippen molar-refractivity contribution >= 4 is 5.71 Å². The van der Waals surface area contributed by atoms with E-state index in [1.807, 2.05) is 13.8 Å². The van der Waals surface area contributed by atoms with Crippen molar-refractivity contribution in [1.82, 2.24) is 0 Å². The van der Waals surface area contributed by atoms with E-state index in [0.717, 1.165) is 5.71 Å². The van der Waals surface area contributed by atoms with Crippen molar-refractivity contribution in [2.75, 3.05) is 0 Å². The molecule has 7 heavy (non-hydrogen) atoms. The highest BCUT2D eigenvalue weighted by Crippen LogP contribution is 1.73. The molecule has 1 nitrogen and oxygen atoms in total. The molecule has 0 atom stereocenters. The summed E-state index contributed by atoms with van der Waals surface area (Å²) in [5.74, 6) is 0. The third-order valence-corrected chi connectivity index (χ3v) is 0.414. The monoisotopic (exact) mass is 95.1 g/mol. The quantitative estimate of drug-likeness (QED) is 0.347. The normalized spacial score (nSPS) is 6.57. The van der Waals surface area contributed by atoms with Crippen LogP contribution in [0.4, 0.5) is 0 Å². The van der Waals surface area contributed by atoms with Crippen molar-refractivity contribution < 1.29 is 0 Å². The van der Waals surface area contributed by atoms with E-state index in [1.54, 1.807) is 6.20 Å². The molecule has 0 saturated heterocycles. The minimum Gasteiger partial charge on any atom is -0.258 e. The standard InChI is InChI=1S/C6H9N/c1-4-5-7-6(2)3/h5H,1H2,2-3H3. The summed E-state index contributed by atoms with van der Waals surface area (Å²) in [7, 11) is 0. The molecular formula is C6H9N. The highest BCUT2D eigenvalue weighted by molar-refractivity contribution is 5.79. The van der Waals surface area contributed by atoms with Gasteiger partial charge in [0.1, 0.15) is 0 Å². The van der Waals surface area contributed by atoms with Crippen molar-refractivity contribution in [3.63, 3.8) is 0 Å². The van der Waals surface area contributed by atoms with E-state index in [0.29, 0.717) is 0 Å². The molecule has 0 bridgehead atoms. The molecule has 0 fully saturated rings. The maximum Gasteiger partial charge on any atom is 0.0679 e. The summed E-state index contributed by atoms with van der Waals surface area (Å²) >= 11 is 0. The zero-order chi connectivity index (χ0) is 5.70. The lowest BCUT2D eigenvalue weighted by Gasteiger charge is -1.76. The predicted octanol–water partition coefficient (Wildman–Crippen LogP) is 1.77. The summed E-state index contributed by atoms with van der Waals surface area (Å²) in [5.41, 5.74) is 3.56. The topological polar surface area (TPSA) is 12.4 Å². The molecule has 0 aliphatic rings. The second kappa shape index (κ2) is 3.38. The van der Waals surface area contributed by atoms with E-state index in [2.05, 4.69) is 17.3 Å². The van der Waals surface area contributed by atoms with Crippen LogP contribution in [0.25, 0.3) is 0 Å². The van der Waals surface area contributed by atoms with Gasteiger partial charge in [-0.15, -0.1) is 5.73 Å². The van der Waals surface area contributed by atoms with Crippen molar-refractivity contribution in [2.24, 2.45) is 4.99 Å². The highest BCUT2D eigenvalue weighted by atomic mass is 14.7. The Morgan fingerprint density at radius 1 is 1.71 bits per heavy atom. The number of hydrogen-bond acceptors (Lipinski definition) is 1. The van der Waals surface area contributed by atoms with Gasteiger partial charge in [-0.3, -0.25) is 4.99 Å². The van der Waals surface area contributed by atoms with E-state index < -0.39 is 0 Å². The lowest BCUT2D eigenvalue weighted by molar-refractivity contribution is 1.51. The van der Waals surface area contributed by atoms with E-state index in [9.17, 15) is 0 Å². The van der Waals surface area contributed by atoms with Gasteiger partial charge in [0.05, 0.1) is 6.20 Å². The number of hydrogen-bond donors (Lipinski definition) is 0. The van der Waals surface area contributed by atoms with Crippen LogP contribution in [-0.2, 0) is 0 Å². The van der Waals surface area contributed by atoms with Crippen LogP contribution in [0.3, 0.4) is 0 Å². The van der Waals surface area contributed by atoms with Gasteiger partial charge in [0.15, 0.2) is 0 Å². The van der Waals surface area contributed by atoms with Crippen molar-refractivity contribution in [3.8, 4) is 0 Å². The van der Waals surface area contributed by atoms with Gasteiger partial charge in [0, 0.05) is 5.71 Å². The maximum absolute atomic E-state index is 3.86. The van der Waals surface area contributed by atoms with Crippen molar-refractivity contribution in [1.29, 1.82) is 0 Å².